The van der Waals surface area contributed by atoms with E-state index in [1.165, 1.54) is 0 Å². The number of rotatable bonds is 2. The lowest BCUT2D eigenvalue weighted by Gasteiger charge is -2.06. The minimum absolute atomic E-state index is 0.0892. The second-order valence-electron chi connectivity index (χ2n) is 2.63. The van der Waals surface area contributed by atoms with E-state index in [2.05, 4.69) is 21.2 Å². The van der Waals surface area contributed by atoms with Gasteiger partial charge in [0, 0.05) is 10.5 Å². The Balaban J connectivity index is 2.96. The molecule has 0 fully saturated rings. The van der Waals surface area contributed by atoms with Crippen LogP contribution in [0.4, 0.5) is 14.5 Å². The van der Waals surface area contributed by atoms with Gasteiger partial charge >= 0.3 is 0 Å². The number of carbonyl (C=O) groups excluding carboxylic acids is 1. The molecule has 0 radical (unpaired) electrons. The number of nitriles is 1. The third-order valence-electron chi connectivity index (χ3n) is 1.51. The Morgan fingerprint density at radius 1 is 1.53 bits per heavy atom. The summed E-state index contributed by atoms with van der Waals surface area (Å²) in [4.78, 5) is 11.0. The molecule has 0 atom stereocenters. The molecule has 78 valence electrons. The molecule has 1 rings (SSSR count). The molecule has 0 bridgehead atoms. The molecule has 0 spiro atoms. The van der Waals surface area contributed by atoms with Gasteiger partial charge < -0.3 is 5.32 Å². The van der Waals surface area contributed by atoms with E-state index >= 15 is 0 Å². The first-order chi connectivity index (χ1) is 7.04. The number of hydrogen-bond donors (Lipinski definition) is 1. The van der Waals surface area contributed by atoms with Crippen LogP contribution in [0, 0.1) is 23.0 Å². The minimum atomic E-state index is -0.895. The van der Waals surface area contributed by atoms with Crippen molar-refractivity contribution < 1.29 is 13.6 Å². The standard InChI is InChI=1S/C9H5BrF2N2O/c10-6-3-5(11)4-7(12)9(6)14-8(15)1-2-13/h3-4H,1H2,(H,14,15). The van der Waals surface area contributed by atoms with Crippen molar-refractivity contribution in [3.8, 4) is 6.07 Å². The van der Waals surface area contributed by atoms with Crippen LogP contribution in [0.5, 0.6) is 0 Å². The van der Waals surface area contributed by atoms with E-state index in [4.69, 9.17) is 5.26 Å². The Kier molecular flexibility index (Phi) is 3.74. The van der Waals surface area contributed by atoms with Crippen molar-refractivity contribution >= 4 is 27.5 Å². The van der Waals surface area contributed by atoms with Gasteiger partial charge in [-0.15, -0.1) is 0 Å². The van der Waals surface area contributed by atoms with Gasteiger partial charge in [0.05, 0.1) is 11.8 Å². The average Bonchev–Trinajstić information content (AvgIpc) is 2.11. The van der Waals surface area contributed by atoms with Crippen molar-refractivity contribution in [3.05, 3.63) is 28.2 Å². The summed E-state index contributed by atoms with van der Waals surface area (Å²) in [6, 6.07) is 3.28. The zero-order chi connectivity index (χ0) is 11.4. The van der Waals surface area contributed by atoms with Crippen molar-refractivity contribution in [1.29, 1.82) is 5.26 Å². The third kappa shape index (κ3) is 2.99. The molecule has 0 unspecified atom stereocenters. The fourth-order valence-electron chi connectivity index (χ4n) is 0.917. The molecule has 3 nitrogen and oxygen atoms in total. The summed E-state index contributed by atoms with van der Waals surface area (Å²) in [5.41, 5.74) is -0.170. The van der Waals surface area contributed by atoms with Gasteiger partial charge in [-0.05, 0) is 22.0 Å². The fourth-order valence-corrected chi connectivity index (χ4v) is 1.42. The summed E-state index contributed by atoms with van der Waals surface area (Å²) < 4.78 is 25.9. The van der Waals surface area contributed by atoms with E-state index < -0.39 is 17.5 Å². The summed E-state index contributed by atoms with van der Waals surface area (Å²) in [5, 5.41) is 10.4. The predicted octanol–water partition coefficient (Wildman–Crippen LogP) is 2.58. The monoisotopic (exact) mass is 274 g/mol. The highest BCUT2D eigenvalue weighted by Gasteiger charge is 2.12. The molecule has 6 heteroatoms. The maximum Gasteiger partial charge on any atom is 0.238 e. The Labute approximate surface area is 92.8 Å². The van der Waals surface area contributed by atoms with Crippen LogP contribution in [0.2, 0.25) is 0 Å². The first-order valence-corrected chi connectivity index (χ1v) is 4.65. The summed E-state index contributed by atoms with van der Waals surface area (Å²) in [5.74, 6) is -2.30. The number of hydrogen-bond acceptors (Lipinski definition) is 2. The lowest BCUT2D eigenvalue weighted by molar-refractivity contribution is -0.115. The van der Waals surface area contributed by atoms with Crippen LogP contribution in [0.25, 0.3) is 0 Å². The second kappa shape index (κ2) is 4.84. The molecule has 0 saturated carbocycles. The maximum atomic E-state index is 13.1. The Bertz CT molecular complexity index is 419. The molecule has 1 aromatic carbocycles. The van der Waals surface area contributed by atoms with Crippen molar-refractivity contribution in [2.24, 2.45) is 0 Å². The first-order valence-electron chi connectivity index (χ1n) is 3.86. The van der Waals surface area contributed by atoms with Crippen LogP contribution < -0.4 is 5.32 Å². The maximum absolute atomic E-state index is 13.1. The molecule has 0 saturated heterocycles. The van der Waals surface area contributed by atoms with Crippen LogP contribution in [0.1, 0.15) is 6.42 Å². The van der Waals surface area contributed by atoms with Crippen molar-refractivity contribution in [1.82, 2.24) is 0 Å². The molecule has 0 aliphatic rings. The molecule has 0 aromatic heterocycles. The van der Waals surface area contributed by atoms with Crippen LogP contribution in [-0.2, 0) is 4.79 Å². The van der Waals surface area contributed by atoms with E-state index in [9.17, 15) is 13.6 Å². The normalized spacial score (nSPS) is 9.47. The topological polar surface area (TPSA) is 52.9 Å². The van der Waals surface area contributed by atoms with Gasteiger partial charge in [-0.1, -0.05) is 0 Å². The summed E-state index contributed by atoms with van der Waals surface area (Å²) in [6.07, 6.45) is -0.386. The molecular formula is C9H5BrF2N2O. The fraction of sp³-hybridized carbons (Fsp3) is 0.111. The van der Waals surface area contributed by atoms with E-state index in [-0.39, 0.29) is 16.6 Å². The molecule has 15 heavy (non-hydrogen) atoms. The van der Waals surface area contributed by atoms with Crippen LogP contribution in [-0.4, -0.2) is 5.91 Å². The number of nitrogens with zero attached hydrogens (tertiary/aromatic N) is 1. The highest BCUT2D eigenvalue weighted by molar-refractivity contribution is 9.10. The predicted molar refractivity (Wildman–Crippen MR) is 52.9 cm³/mol. The molecule has 1 amide bonds. The van der Waals surface area contributed by atoms with Gasteiger partial charge in [0.25, 0.3) is 0 Å². The molecular weight excluding hydrogens is 270 g/mol. The highest BCUT2D eigenvalue weighted by Crippen LogP contribution is 2.26. The molecule has 0 heterocycles. The summed E-state index contributed by atoms with van der Waals surface area (Å²) in [6.45, 7) is 0. The van der Waals surface area contributed by atoms with E-state index in [0.717, 1.165) is 6.07 Å². The molecule has 1 aromatic rings. The Morgan fingerprint density at radius 2 is 2.20 bits per heavy atom. The highest BCUT2D eigenvalue weighted by atomic mass is 79.9. The average molecular weight is 275 g/mol. The number of halogens is 3. The molecule has 1 N–H and O–H groups in total. The van der Waals surface area contributed by atoms with Gasteiger partial charge in [0.1, 0.15) is 12.2 Å². The van der Waals surface area contributed by atoms with Crippen LogP contribution in [0.15, 0.2) is 16.6 Å². The van der Waals surface area contributed by atoms with Gasteiger partial charge in [0.15, 0.2) is 5.82 Å². The van der Waals surface area contributed by atoms with Gasteiger partial charge in [-0.3, -0.25) is 4.79 Å². The van der Waals surface area contributed by atoms with E-state index in [1.54, 1.807) is 6.07 Å². The van der Waals surface area contributed by atoms with Crippen LogP contribution >= 0.6 is 15.9 Å². The first kappa shape index (κ1) is 11.6. The zero-order valence-electron chi connectivity index (χ0n) is 7.35. The SMILES string of the molecule is N#CCC(=O)Nc1c(F)cc(F)cc1Br. The molecule has 0 aliphatic carbocycles. The number of nitrogens with one attached hydrogen (secondary N) is 1. The third-order valence-corrected chi connectivity index (χ3v) is 2.14. The lowest BCUT2D eigenvalue weighted by atomic mass is 10.3. The van der Waals surface area contributed by atoms with Crippen molar-refractivity contribution in [2.75, 3.05) is 5.32 Å². The zero-order valence-corrected chi connectivity index (χ0v) is 8.94. The van der Waals surface area contributed by atoms with E-state index in [1.807, 2.05) is 0 Å². The lowest BCUT2D eigenvalue weighted by Crippen LogP contribution is -2.12. The van der Waals surface area contributed by atoms with Gasteiger partial charge in [-0.25, -0.2) is 8.78 Å². The van der Waals surface area contributed by atoms with Crippen molar-refractivity contribution in [2.45, 2.75) is 6.42 Å². The number of amides is 1. The Hall–Kier alpha value is -1.48. The largest absolute Gasteiger partial charge is 0.322 e. The number of benzene rings is 1. The van der Waals surface area contributed by atoms with Crippen molar-refractivity contribution in [3.63, 3.8) is 0 Å². The van der Waals surface area contributed by atoms with E-state index in [0.29, 0.717) is 6.07 Å². The second-order valence-corrected chi connectivity index (χ2v) is 3.48. The van der Waals surface area contributed by atoms with Crippen LogP contribution in [0.3, 0.4) is 0 Å². The number of carbonyl (C=O) groups is 1. The minimum Gasteiger partial charge on any atom is -0.322 e. The summed E-state index contributed by atoms with van der Waals surface area (Å²) >= 11 is 2.90. The Morgan fingerprint density at radius 3 is 2.73 bits per heavy atom. The molecule has 0 aliphatic heterocycles. The summed E-state index contributed by atoms with van der Waals surface area (Å²) in [7, 11) is 0. The quantitative estimate of drug-likeness (QED) is 0.901. The van der Waals surface area contributed by atoms with Gasteiger partial charge in [0.2, 0.25) is 5.91 Å². The smallest absolute Gasteiger partial charge is 0.238 e. The number of anilines is 1. The van der Waals surface area contributed by atoms with Gasteiger partial charge in [-0.2, -0.15) is 5.26 Å².